The van der Waals surface area contributed by atoms with Crippen LogP contribution in [-0.2, 0) is 9.47 Å². The van der Waals surface area contributed by atoms with Crippen LogP contribution in [0.15, 0.2) is 0 Å². The summed E-state index contributed by atoms with van der Waals surface area (Å²) in [5.41, 5.74) is 11.4. The standard InChI is InChI=1S/2C7H15NO/c2*1-9-7-4-2-3-6(8)5-7/h2*6-7H,2-5,8H2,1H3/t2*6-,7-/m10/s1. The minimum Gasteiger partial charge on any atom is -0.381 e. The lowest BCUT2D eigenvalue weighted by molar-refractivity contribution is 0.0643. The number of ether oxygens (including phenoxy) is 2. The third-order valence-corrected chi connectivity index (χ3v) is 4.00. The third-order valence-electron chi connectivity index (χ3n) is 4.00. The zero-order valence-electron chi connectivity index (χ0n) is 11.9. The molecular formula is C14H30N2O2. The summed E-state index contributed by atoms with van der Waals surface area (Å²) in [6.45, 7) is 0. The van der Waals surface area contributed by atoms with Crippen LogP contribution in [0.2, 0.25) is 0 Å². The van der Waals surface area contributed by atoms with Crippen molar-refractivity contribution in [1.82, 2.24) is 0 Å². The minimum atomic E-state index is 0.392. The maximum atomic E-state index is 5.72. The molecule has 0 aliphatic heterocycles. The molecule has 0 spiro atoms. The van der Waals surface area contributed by atoms with E-state index in [0.29, 0.717) is 24.3 Å². The van der Waals surface area contributed by atoms with Crippen molar-refractivity contribution in [1.29, 1.82) is 0 Å². The Hall–Kier alpha value is -0.160. The van der Waals surface area contributed by atoms with Crippen LogP contribution in [0, 0.1) is 0 Å². The molecule has 0 heterocycles. The van der Waals surface area contributed by atoms with Crippen LogP contribution < -0.4 is 11.5 Å². The molecule has 0 bridgehead atoms. The molecular weight excluding hydrogens is 228 g/mol. The SMILES string of the molecule is CO[C@@H]1CCC[C@@H](N)C1.CO[C@H]1CCC[C@H](N)C1. The van der Waals surface area contributed by atoms with Gasteiger partial charge in [0.1, 0.15) is 0 Å². The van der Waals surface area contributed by atoms with Crippen molar-refractivity contribution in [3.8, 4) is 0 Å². The molecule has 0 saturated heterocycles. The molecule has 2 saturated carbocycles. The first-order valence-corrected chi connectivity index (χ1v) is 7.22. The Morgan fingerprint density at radius 2 is 1.11 bits per heavy atom. The van der Waals surface area contributed by atoms with Gasteiger partial charge in [-0.2, -0.15) is 0 Å². The van der Waals surface area contributed by atoms with Gasteiger partial charge in [0.25, 0.3) is 0 Å². The topological polar surface area (TPSA) is 70.5 Å². The van der Waals surface area contributed by atoms with E-state index in [0.717, 1.165) is 12.8 Å². The van der Waals surface area contributed by atoms with E-state index in [2.05, 4.69) is 0 Å². The predicted molar refractivity (Wildman–Crippen MR) is 74.5 cm³/mol. The van der Waals surface area contributed by atoms with Gasteiger partial charge in [-0.3, -0.25) is 0 Å². The summed E-state index contributed by atoms with van der Waals surface area (Å²) in [7, 11) is 3.53. The number of methoxy groups -OCH3 is 2. The molecule has 0 aromatic heterocycles. The van der Waals surface area contributed by atoms with Gasteiger partial charge in [-0.15, -0.1) is 0 Å². The third kappa shape index (κ3) is 6.14. The molecule has 0 aromatic carbocycles. The van der Waals surface area contributed by atoms with Gasteiger partial charge < -0.3 is 20.9 Å². The molecule has 2 aliphatic carbocycles. The first kappa shape index (κ1) is 15.9. The first-order chi connectivity index (χ1) is 8.65. The summed E-state index contributed by atoms with van der Waals surface area (Å²) >= 11 is 0. The Morgan fingerprint density at radius 1 is 0.722 bits per heavy atom. The average Bonchev–Trinajstić information content (AvgIpc) is 2.39. The van der Waals surface area contributed by atoms with Gasteiger partial charge in [0.05, 0.1) is 12.2 Å². The molecule has 18 heavy (non-hydrogen) atoms. The molecule has 2 fully saturated rings. The number of hydrogen-bond donors (Lipinski definition) is 2. The highest BCUT2D eigenvalue weighted by molar-refractivity contribution is 4.75. The number of hydrogen-bond acceptors (Lipinski definition) is 4. The van der Waals surface area contributed by atoms with Crippen molar-refractivity contribution in [2.45, 2.75) is 75.7 Å². The Balaban J connectivity index is 0.000000180. The smallest absolute Gasteiger partial charge is 0.0586 e. The van der Waals surface area contributed by atoms with E-state index in [1.807, 2.05) is 0 Å². The second kappa shape index (κ2) is 8.86. The molecule has 0 radical (unpaired) electrons. The van der Waals surface area contributed by atoms with Gasteiger partial charge in [0.15, 0.2) is 0 Å². The van der Waals surface area contributed by atoms with Crippen molar-refractivity contribution in [3.63, 3.8) is 0 Å². The van der Waals surface area contributed by atoms with E-state index in [1.165, 1.54) is 38.5 Å². The van der Waals surface area contributed by atoms with Gasteiger partial charge >= 0.3 is 0 Å². The molecule has 108 valence electrons. The second-order valence-corrected chi connectivity index (χ2v) is 5.57. The summed E-state index contributed by atoms with van der Waals surface area (Å²) in [6, 6.07) is 0.785. The summed E-state index contributed by atoms with van der Waals surface area (Å²) in [5.74, 6) is 0. The van der Waals surface area contributed by atoms with Crippen molar-refractivity contribution in [2.75, 3.05) is 14.2 Å². The molecule has 2 rings (SSSR count). The predicted octanol–water partition coefficient (Wildman–Crippen LogP) is 1.81. The Kier molecular flexibility index (Phi) is 7.82. The van der Waals surface area contributed by atoms with Gasteiger partial charge in [0.2, 0.25) is 0 Å². The summed E-state index contributed by atoms with van der Waals surface area (Å²) in [4.78, 5) is 0. The molecule has 0 aromatic rings. The Bertz CT molecular complexity index is 192. The highest BCUT2D eigenvalue weighted by atomic mass is 16.5. The molecule has 0 amide bonds. The van der Waals surface area contributed by atoms with E-state index in [-0.39, 0.29) is 0 Å². The van der Waals surface area contributed by atoms with Crippen LogP contribution in [0.5, 0.6) is 0 Å². The maximum Gasteiger partial charge on any atom is 0.0586 e. The maximum absolute atomic E-state index is 5.72. The van der Waals surface area contributed by atoms with E-state index < -0.39 is 0 Å². The van der Waals surface area contributed by atoms with E-state index >= 15 is 0 Å². The van der Waals surface area contributed by atoms with Gasteiger partial charge in [-0.1, -0.05) is 0 Å². The van der Waals surface area contributed by atoms with Crippen LogP contribution in [0.25, 0.3) is 0 Å². The molecule has 4 N–H and O–H groups in total. The summed E-state index contributed by atoms with van der Waals surface area (Å²) in [6.07, 6.45) is 10.2. The second-order valence-electron chi connectivity index (χ2n) is 5.57. The molecule has 4 heteroatoms. The lowest BCUT2D eigenvalue weighted by Gasteiger charge is -2.24. The van der Waals surface area contributed by atoms with Gasteiger partial charge in [-0.05, 0) is 51.4 Å². The van der Waals surface area contributed by atoms with Crippen molar-refractivity contribution >= 4 is 0 Å². The van der Waals surface area contributed by atoms with Crippen molar-refractivity contribution < 1.29 is 9.47 Å². The lowest BCUT2D eigenvalue weighted by Crippen LogP contribution is -2.31. The zero-order valence-corrected chi connectivity index (χ0v) is 11.9. The fraction of sp³-hybridized carbons (Fsp3) is 1.00. The Morgan fingerprint density at radius 3 is 1.33 bits per heavy atom. The van der Waals surface area contributed by atoms with Crippen LogP contribution >= 0.6 is 0 Å². The molecule has 0 unspecified atom stereocenters. The van der Waals surface area contributed by atoms with Crippen LogP contribution in [0.4, 0.5) is 0 Å². The highest BCUT2D eigenvalue weighted by Crippen LogP contribution is 2.19. The number of nitrogens with two attached hydrogens (primary N) is 2. The van der Waals surface area contributed by atoms with E-state index in [4.69, 9.17) is 20.9 Å². The Labute approximate surface area is 111 Å². The molecule has 4 nitrogen and oxygen atoms in total. The van der Waals surface area contributed by atoms with Crippen LogP contribution in [0.1, 0.15) is 51.4 Å². The van der Waals surface area contributed by atoms with E-state index in [1.54, 1.807) is 14.2 Å². The van der Waals surface area contributed by atoms with E-state index in [9.17, 15) is 0 Å². The number of rotatable bonds is 2. The van der Waals surface area contributed by atoms with Crippen LogP contribution in [-0.4, -0.2) is 38.5 Å². The normalized spacial score (nSPS) is 36.7. The van der Waals surface area contributed by atoms with Crippen molar-refractivity contribution in [3.05, 3.63) is 0 Å². The molecule has 2 aliphatic rings. The zero-order chi connectivity index (χ0) is 13.4. The first-order valence-electron chi connectivity index (χ1n) is 7.22. The lowest BCUT2D eigenvalue weighted by atomic mass is 9.94. The molecule has 4 atom stereocenters. The minimum absolute atomic E-state index is 0.392. The summed E-state index contributed by atoms with van der Waals surface area (Å²) < 4.78 is 10.4. The quantitative estimate of drug-likeness (QED) is 0.792. The highest BCUT2D eigenvalue weighted by Gasteiger charge is 2.18. The largest absolute Gasteiger partial charge is 0.381 e. The monoisotopic (exact) mass is 258 g/mol. The fourth-order valence-electron chi connectivity index (χ4n) is 2.79. The summed E-state index contributed by atoms with van der Waals surface area (Å²) in [5, 5.41) is 0. The van der Waals surface area contributed by atoms with Crippen LogP contribution in [0.3, 0.4) is 0 Å². The van der Waals surface area contributed by atoms with Crippen molar-refractivity contribution in [2.24, 2.45) is 11.5 Å². The van der Waals surface area contributed by atoms with Gasteiger partial charge in [-0.25, -0.2) is 0 Å². The van der Waals surface area contributed by atoms with Gasteiger partial charge in [0, 0.05) is 26.3 Å². The fourth-order valence-corrected chi connectivity index (χ4v) is 2.79. The average molecular weight is 258 g/mol.